The first-order valence-electron chi connectivity index (χ1n) is 6.38. The minimum Gasteiger partial charge on any atom is -0.378 e. The molecule has 1 fully saturated rings. The number of hydrogen-bond acceptors (Lipinski definition) is 5. The van der Waals surface area contributed by atoms with Gasteiger partial charge in [-0.25, -0.2) is 9.97 Å². The third-order valence-electron chi connectivity index (χ3n) is 2.86. The first-order valence-corrected chi connectivity index (χ1v) is 6.76. The Bertz CT molecular complexity index is 340. The molecular formula is C12H19ClN4O. The molecule has 1 aliphatic heterocycles. The van der Waals surface area contributed by atoms with E-state index in [0.29, 0.717) is 17.1 Å². The van der Waals surface area contributed by atoms with Gasteiger partial charge in [0, 0.05) is 13.2 Å². The standard InChI is InChI=1S/C12H19ClN4O/c13-10-8-16-12(17-9-10)15-4-1-7-18-11-2-5-14-6-3-11/h8-9,11,14H,1-7H2,(H,15,16,17). The molecule has 0 spiro atoms. The number of halogens is 1. The van der Waals surface area contributed by atoms with Crippen LogP contribution in [0.15, 0.2) is 12.4 Å². The third kappa shape index (κ3) is 4.76. The molecule has 2 N–H and O–H groups in total. The van der Waals surface area contributed by atoms with Crippen LogP contribution in [-0.2, 0) is 4.74 Å². The van der Waals surface area contributed by atoms with E-state index in [0.717, 1.165) is 45.5 Å². The Balaban J connectivity index is 1.54. The fourth-order valence-corrected chi connectivity index (χ4v) is 1.99. The fraction of sp³-hybridized carbons (Fsp3) is 0.667. The Morgan fingerprint density at radius 3 is 2.78 bits per heavy atom. The van der Waals surface area contributed by atoms with Gasteiger partial charge in [-0.2, -0.15) is 0 Å². The van der Waals surface area contributed by atoms with Gasteiger partial charge in [-0.3, -0.25) is 0 Å². The molecule has 6 heteroatoms. The van der Waals surface area contributed by atoms with Crippen molar-refractivity contribution in [2.24, 2.45) is 0 Å². The first kappa shape index (κ1) is 13.5. The normalized spacial score (nSPS) is 16.7. The Morgan fingerprint density at radius 1 is 1.33 bits per heavy atom. The monoisotopic (exact) mass is 270 g/mol. The number of nitrogens with zero attached hydrogens (tertiary/aromatic N) is 2. The third-order valence-corrected chi connectivity index (χ3v) is 3.06. The van der Waals surface area contributed by atoms with Gasteiger partial charge in [0.1, 0.15) is 0 Å². The fourth-order valence-electron chi connectivity index (χ4n) is 1.89. The summed E-state index contributed by atoms with van der Waals surface area (Å²) in [7, 11) is 0. The minimum atomic E-state index is 0.429. The van der Waals surface area contributed by atoms with Crippen molar-refractivity contribution in [2.45, 2.75) is 25.4 Å². The van der Waals surface area contributed by atoms with Gasteiger partial charge in [0.2, 0.25) is 5.95 Å². The van der Waals surface area contributed by atoms with Crippen LogP contribution in [0.4, 0.5) is 5.95 Å². The van der Waals surface area contributed by atoms with E-state index in [1.165, 1.54) is 0 Å². The molecule has 0 aliphatic carbocycles. The maximum absolute atomic E-state index is 5.80. The maximum Gasteiger partial charge on any atom is 0.222 e. The minimum absolute atomic E-state index is 0.429. The molecular weight excluding hydrogens is 252 g/mol. The van der Waals surface area contributed by atoms with Gasteiger partial charge in [-0.05, 0) is 32.4 Å². The summed E-state index contributed by atoms with van der Waals surface area (Å²) in [5.74, 6) is 0.612. The van der Waals surface area contributed by atoms with E-state index >= 15 is 0 Å². The number of anilines is 1. The van der Waals surface area contributed by atoms with Crippen LogP contribution < -0.4 is 10.6 Å². The van der Waals surface area contributed by atoms with E-state index < -0.39 is 0 Å². The Kier molecular flexibility index (Phi) is 5.64. The van der Waals surface area contributed by atoms with Crippen molar-refractivity contribution >= 4 is 17.5 Å². The largest absolute Gasteiger partial charge is 0.378 e. The molecule has 0 amide bonds. The highest BCUT2D eigenvalue weighted by Crippen LogP contribution is 2.08. The molecule has 1 aromatic rings. The molecule has 0 saturated carbocycles. The zero-order valence-electron chi connectivity index (χ0n) is 10.4. The quantitative estimate of drug-likeness (QED) is 0.771. The summed E-state index contributed by atoms with van der Waals surface area (Å²) in [5.41, 5.74) is 0. The molecule has 0 aromatic carbocycles. The second-order valence-corrected chi connectivity index (χ2v) is 4.76. The summed E-state index contributed by atoms with van der Waals surface area (Å²) in [6, 6.07) is 0. The Morgan fingerprint density at radius 2 is 2.06 bits per heavy atom. The first-order chi connectivity index (χ1) is 8.84. The zero-order valence-corrected chi connectivity index (χ0v) is 11.1. The van der Waals surface area contributed by atoms with Crippen LogP contribution in [-0.4, -0.2) is 42.3 Å². The average molecular weight is 271 g/mol. The van der Waals surface area contributed by atoms with Gasteiger partial charge in [0.15, 0.2) is 0 Å². The molecule has 2 rings (SSSR count). The van der Waals surface area contributed by atoms with Gasteiger partial charge in [0.05, 0.1) is 23.5 Å². The molecule has 2 heterocycles. The van der Waals surface area contributed by atoms with E-state index in [-0.39, 0.29) is 0 Å². The number of aromatic nitrogens is 2. The molecule has 18 heavy (non-hydrogen) atoms. The lowest BCUT2D eigenvalue weighted by atomic mass is 10.1. The van der Waals surface area contributed by atoms with Crippen molar-refractivity contribution in [3.63, 3.8) is 0 Å². The Hall–Kier alpha value is -0.910. The van der Waals surface area contributed by atoms with Gasteiger partial charge in [-0.1, -0.05) is 11.6 Å². The summed E-state index contributed by atoms with van der Waals surface area (Å²) < 4.78 is 5.80. The predicted octanol–water partition coefficient (Wildman–Crippen LogP) is 1.70. The van der Waals surface area contributed by atoms with E-state index in [9.17, 15) is 0 Å². The van der Waals surface area contributed by atoms with E-state index in [1.54, 1.807) is 12.4 Å². The maximum atomic E-state index is 5.80. The molecule has 1 aliphatic rings. The highest BCUT2D eigenvalue weighted by atomic mass is 35.5. The summed E-state index contributed by atoms with van der Waals surface area (Å²) >= 11 is 5.70. The van der Waals surface area contributed by atoms with Crippen LogP contribution in [0.3, 0.4) is 0 Å². The van der Waals surface area contributed by atoms with Crippen LogP contribution in [0.1, 0.15) is 19.3 Å². The topological polar surface area (TPSA) is 59.1 Å². The van der Waals surface area contributed by atoms with Gasteiger partial charge >= 0.3 is 0 Å². The summed E-state index contributed by atoms with van der Waals surface area (Å²) in [6.45, 7) is 3.74. The van der Waals surface area contributed by atoms with Crippen LogP contribution in [0.5, 0.6) is 0 Å². The average Bonchev–Trinajstić information content (AvgIpc) is 2.42. The van der Waals surface area contributed by atoms with Gasteiger partial charge in [-0.15, -0.1) is 0 Å². The molecule has 1 aromatic heterocycles. The zero-order chi connectivity index (χ0) is 12.6. The Labute approximate surface area is 112 Å². The van der Waals surface area contributed by atoms with Crippen molar-refractivity contribution in [3.8, 4) is 0 Å². The lowest BCUT2D eigenvalue weighted by molar-refractivity contribution is 0.0329. The lowest BCUT2D eigenvalue weighted by Gasteiger charge is -2.22. The molecule has 0 radical (unpaired) electrons. The molecule has 5 nitrogen and oxygen atoms in total. The van der Waals surface area contributed by atoms with Crippen LogP contribution in [0, 0.1) is 0 Å². The molecule has 0 atom stereocenters. The van der Waals surface area contributed by atoms with E-state index in [4.69, 9.17) is 16.3 Å². The second kappa shape index (κ2) is 7.51. The molecule has 0 unspecified atom stereocenters. The van der Waals surface area contributed by atoms with Crippen molar-refractivity contribution < 1.29 is 4.74 Å². The van der Waals surface area contributed by atoms with Crippen molar-refractivity contribution in [1.82, 2.24) is 15.3 Å². The SMILES string of the molecule is Clc1cnc(NCCCOC2CCNCC2)nc1. The number of piperidine rings is 1. The van der Waals surface area contributed by atoms with E-state index in [1.807, 2.05) is 0 Å². The van der Waals surface area contributed by atoms with Crippen LogP contribution in [0.25, 0.3) is 0 Å². The van der Waals surface area contributed by atoms with Crippen molar-refractivity contribution in [3.05, 3.63) is 17.4 Å². The summed E-state index contributed by atoms with van der Waals surface area (Å²) in [6.07, 6.45) is 6.79. The molecule has 100 valence electrons. The van der Waals surface area contributed by atoms with Crippen LogP contribution >= 0.6 is 11.6 Å². The number of ether oxygens (including phenoxy) is 1. The van der Waals surface area contributed by atoms with Gasteiger partial charge in [0.25, 0.3) is 0 Å². The second-order valence-electron chi connectivity index (χ2n) is 4.33. The highest BCUT2D eigenvalue weighted by Gasteiger charge is 2.12. The molecule has 1 saturated heterocycles. The van der Waals surface area contributed by atoms with Crippen LogP contribution in [0.2, 0.25) is 5.02 Å². The number of nitrogens with one attached hydrogen (secondary N) is 2. The number of hydrogen-bond donors (Lipinski definition) is 2. The van der Waals surface area contributed by atoms with Crippen molar-refractivity contribution in [1.29, 1.82) is 0 Å². The number of rotatable bonds is 6. The lowest BCUT2D eigenvalue weighted by Crippen LogP contribution is -2.32. The summed E-state index contributed by atoms with van der Waals surface area (Å²) in [5, 5.41) is 7.01. The highest BCUT2D eigenvalue weighted by molar-refractivity contribution is 6.30. The van der Waals surface area contributed by atoms with Gasteiger partial charge < -0.3 is 15.4 Å². The van der Waals surface area contributed by atoms with E-state index in [2.05, 4.69) is 20.6 Å². The smallest absolute Gasteiger partial charge is 0.222 e. The van der Waals surface area contributed by atoms with Crippen molar-refractivity contribution in [2.75, 3.05) is 31.6 Å². The molecule has 0 bridgehead atoms. The predicted molar refractivity (Wildman–Crippen MR) is 72.0 cm³/mol. The summed E-state index contributed by atoms with van der Waals surface area (Å²) in [4.78, 5) is 8.13.